The minimum absolute atomic E-state index is 0. The molecule has 0 aromatic rings. The van der Waals surface area contributed by atoms with Gasteiger partial charge >= 0.3 is 29.6 Å². The van der Waals surface area contributed by atoms with E-state index in [1.54, 1.807) is 0 Å². The Bertz CT molecular complexity index is 193. The first-order chi connectivity index (χ1) is 5.66. The Kier molecular flexibility index (Phi) is 11.4. The zero-order chi connectivity index (χ0) is 9.40. The van der Waals surface area contributed by atoms with Crippen molar-refractivity contribution in [2.24, 2.45) is 0 Å². The van der Waals surface area contributed by atoms with Gasteiger partial charge in [0.25, 0.3) is 0 Å². The number of carbonyl (C=O) groups is 2. The summed E-state index contributed by atoms with van der Waals surface area (Å²) in [5.74, 6) is -1.18. The van der Waals surface area contributed by atoms with Crippen molar-refractivity contribution < 1.29 is 39.1 Å². The summed E-state index contributed by atoms with van der Waals surface area (Å²) in [6.45, 7) is 2.64. The molecule has 0 heterocycles. The molecule has 0 bridgehead atoms. The fraction of sp³-hybridized carbons (Fsp3) is 0.500. The molecule has 2 amide bonds. The first-order valence-corrected chi connectivity index (χ1v) is 3.88. The van der Waals surface area contributed by atoms with E-state index in [0.717, 1.165) is 25.0 Å². The van der Waals surface area contributed by atoms with Crippen LogP contribution >= 0.6 is 0 Å². The molecule has 0 radical (unpaired) electrons. The van der Waals surface area contributed by atoms with Crippen LogP contribution in [0.4, 0.5) is 0 Å². The number of hydrogen-bond acceptors (Lipinski definition) is 2. The van der Waals surface area contributed by atoms with Crippen molar-refractivity contribution in [3.8, 4) is 0 Å². The second kappa shape index (κ2) is 9.77. The summed E-state index contributed by atoms with van der Waals surface area (Å²) in [5, 5.41) is 2.58. The average molecular weight is 192 g/mol. The second-order valence-corrected chi connectivity index (χ2v) is 2.34. The Morgan fingerprint density at radius 3 is 2.46 bits per heavy atom. The van der Waals surface area contributed by atoms with Gasteiger partial charge in [0.1, 0.15) is 0 Å². The maximum atomic E-state index is 10.8. The van der Waals surface area contributed by atoms with Gasteiger partial charge in [-0.05, 0) is 12.5 Å². The number of carbonyl (C=O) groups excluding carboxylic acids is 2. The van der Waals surface area contributed by atoms with E-state index in [-0.39, 0.29) is 35.5 Å². The molecule has 0 aromatic heterocycles. The molecule has 0 unspecified atom stereocenters. The van der Waals surface area contributed by atoms with E-state index in [4.69, 9.17) is 5.73 Å². The summed E-state index contributed by atoms with van der Waals surface area (Å²) in [6, 6.07) is 0. The Hall–Kier alpha value is -0.320. The van der Waals surface area contributed by atoms with E-state index in [0.29, 0.717) is 6.54 Å². The van der Waals surface area contributed by atoms with Crippen molar-refractivity contribution in [1.29, 1.82) is 0 Å². The SMILES string of the molecule is CCCCNC(=O)/C=C\C([NH-])=O.[Na+]. The van der Waals surface area contributed by atoms with E-state index < -0.39 is 5.91 Å². The van der Waals surface area contributed by atoms with Gasteiger partial charge in [-0.2, -0.15) is 0 Å². The minimum atomic E-state index is -0.861. The Morgan fingerprint density at radius 1 is 1.38 bits per heavy atom. The first-order valence-electron chi connectivity index (χ1n) is 3.88. The maximum Gasteiger partial charge on any atom is 1.00 e. The largest absolute Gasteiger partial charge is 1.00 e. The molecule has 2 N–H and O–H groups in total. The van der Waals surface area contributed by atoms with Crippen LogP contribution in [0.1, 0.15) is 19.8 Å². The molecule has 0 rings (SSSR count). The van der Waals surface area contributed by atoms with E-state index in [2.05, 4.69) is 5.32 Å². The summed E-state index contributed by atoms with van der Waals surface area (Å²) in [5.41, 5.74) is 6.48. The van der Waals surface area contributed by atoms with Crippen LogP contribution in [0.25, 0.3) is 5.73 Å². The van der Waals surface area contributed by atoms with E-state index in [1.165, 1.54) is 0 Å². The fourth-order valence-corrected chi connectivity index (χ4v) is 0.599. The second-order valence-electron chi connectivity index (χ2n) is 2.34. The molecule has 0 spiro atoms. The molecule has 0 fully saturated rings. The predicted octanol–water partition coefficient (Wildman–Crippen LogP) is -1.96. The topological polar surface area (TPSA) is 70.0 Å². The molecule has 0 saturated carbocycles. The van der Waals surface area contributed by atoms with Gasteiger partial charge in [0.05, 0.1) is 5.91 Å². The molecular weight excluding hydrogens is 179 g/mol. The van der Waals surface area contributed by atoms with Crippen LogP contribution in [0.15, 0.2) is 12.2 Å². The standard InChI is InChI=1S/C8H14N2O2.Na/c1-2-3-6-10-8(12)5-4-7(9)11;/h4-5H,2-3,6H2,1H3,(H3,9,10,11,12);/q;+1/p-1/b5-4-;. The summed E-state index contributed by atoms with van der Waals surface area (Å²) >= 11 is 0. The quantitative estimate of drug-likeness (QED) is 0.312. The average Bonchev–Trinajstić information content (AvgIpc) is 2.01. The third-order valence-corrected chi connectivity index (χ3v) is 1.22. The fourth-order valence-electron chi connectivity index (χ4n) is 0.599. The summed E-state index contributed by atoms with van der Waals surface area (Å²) in [4.78, 5) is 20.9. The number of rotatable bonds is 5. The van der Waals surface area contributed by atoms with Crippen LogP contribution in [0.3, 0.4) is 0 Å². The molecular formula is C8H13N2NaO2. The Labute approximate surface area is 100 Å². The van der Waals surface area contributed by atoms with E-state index in [9.17, 15) is 9.59 Å². The van der Waals surface area contributed by atoms with Crippen LogP contribution in [0.5, 0.6) is 0 Å². The molecule has 0 atom stereocenters. The molecule has 0 saturated heterocycles. The summed E-state index contributed by atoms with van der Waals surface area (Å²) in [7, 11) is 0. The van der Waals surface area contributed by atoms with Crippen molar-refractivity contribution in [2.45, 2.75) is 19.8 Å². The molecule has 0 aliphatic carbocycles. The smallest absolute Gasteiger partial charge is 0.664 e. The molecule has 0 aliphatic rings. The van der Waals surface area contributed by atoms with Crippen molar-refractivity contribution >= 4 is 11.8 Å². The van der Waals surface area contributed by atoms with E-state index >= 15 is 0 Å². The maximum absolute atomic E-state index is 10.8. The first kappa shape index (κ1) is 15.2. The van der Waals surface area contributed by atoms with Crippen LogP contribution in [-0.4, -0.2) is 18.4 Å². The molecule has 0 aromatic carbocycles. The molecule has 68 valence electrons. The van der Waals surface area contributed by atoms with Gasteiger partial charge in [0, 0.05) is 12.6 Å². The van der Waals surface area contributed by atoms with Gasteiger partial charge in [-0.25, -0.2) is 0 Å². The van der Waals surface area contributed by atoms with Gasteiger partial charge < -0.3 is 15.8 Å². The number of amides is 2. The van der Waals surface area contributed by atoms with Crippen molar-refractivity contribution in [2.75, 3.05) is 6.54 Å². The van der Waals surface area contributed by atoms with Gasteiger partial charge in [-0.3, -0.25) is 4.79 Å². The zero-order valence-corrected chi connectivity index (χ0v) is 10.1. The molecule has 4 nitrogen and oxygen atoms in total. The summed E-state index contributed by atoms with van der Waals surface area (Å²) < 4.78 is 0. The zero-order valence-electron chi connectivity index (χ0n) is 8.09. The Balaban J connectivity index is 0. The Morgan fingerprint density at radius 2 is 2.00 bits per heavy atom. The van der Waals surface area contributed by atoms with Crippen LogP contribution in [0.2, 0.25) is 0 Å². The molecule has 13 heavy (non-hydrogen) atoms. The van der Waals surface area contributed by atoms with Crippen LogP contribution in [-0.2, 0) is 9.59 Å². The van der Waals surface area contributed by atoms with Gasteiger partial charge in [-0.15, -0.1) is 0 Å². The van der Waals surface area contributed by atoms with Crippen molar-refractivity contribution in [3.63, 3.8) is 0 Å². The van der Waals surface area contributed by atoms with Crippen LogP contribution in [0, 0.1) is 0 Å². The predicted molar refractivity (Wildman–Crippen MR) is 46.4 cm³/mol. The number of hydrogen-bond donors (Lipinski definition) is 1. The van der Waals surface area contributed by atoms with Crippen molar-refractivity contribution in [1.82, 2.24) is 5.32 Å². The third kappa shape index (κ3) is 11.7. The molecule has 0 aliphatic heterocycles. The van der Waals surface area contributed by atoms with Crippen molar-refractivity contribution in [3.05, 3.63) is 17.9 Å². The van der Waals surface area contributed by atoms with Gasteiger partial charge in [-0.1, -0.05) is 13.3 Å². The minimum Gasteiger partial charge on any atom is -0.664 e. The molecule has 5 heteroatoms. The third-order valence-electron chi connectivity index (χ3n) is 1.22. The summed E-state index contributed by atoms with van der Waals surface area (Å²) in [6.07, 6.45) is 3.95. The van der Waals surface area contributed by atoms with Gasteiger partial charge in [0.15, 0.2) is 0 Å². The monoisotopic (exact) mass is 192 g/mol. The number of nitrogens with one attached hydrogen (secondary N) is 2. The van der Waals surface area contributed by atoms with Gasteiger partial charge in [0.2, 0.25) is 5.91 Å². The normalized spacial score (nSPS) is 9.31. The number of unbranched alkanes of at least 4 members (excludes halogenated alkanes) is 1. The van der Waals surface area contributed by atoms with E-state index in [1.807, 2.05) is 6.92 Å². The van der Waals surface area contributed by atoms with Crippen LogP contribution < -0.4 is 34.9 Å².